The largest absolute Gasteiger partial charge is 0.478 e. The van der Waals surface area contributed by atoms with Crippen LogP contribution in [-0.2, 0) is 17.6 Å². The Kier molecular flexibility index (Phi) is 3.42. The molecule has 0 spiro atoms. The van der Waals surface area contributed by atoms with E-state index >= 15 is 0 Å². The van der Waals surface area contributed by atoms with Gasteiger partial charge in [-0.2, -0.15) is 0 Å². The Morgan fingerprint density at radius 3 is 2.89 bits per heavy atom. The van der Waals surface area contributed by atoms with Gasteiger partial charge in [-0.25, -0.2) is 4.79 Å². The smallest absolute Gasteiger partial charge is 0.346 e. The van der Waals surface area contributed by atoms with Crippen molar-refractivity contribution < 1.29 is 14.6 Å². The van der Waals surface area contributed by atoms with Crippen LogP contribution in [0, 0.1) is 0 Å². The highest BCUT2D eigenvalue weighted by molar-refractivity contribution is 5.73. The maximum absolute atomic E-state index is 11.2. The minimum Gasteiger partial charge on any atom is -0.478 e. The first-order valence-corrected chi connectivity index (χ1v) is 6.97. The van der Waals surface area contributed by atoms with Crippen LogP contribution < -0.4 is 10.1 Å². The lowest BCUT2D eigenvalue weighted by atomic mass is 10.1. The van der Waals surface area contributed by atoms with Crippen LogP contribution in [0.1, 0.15) is 30.4 Å². The van der Waals surface area contributed by atoms with Crippen molar-refractivity contribution in [3.63, 3.8) is 0 Å². The maximum Gasteiger partial charge on any atom is 0.346 e. The number of nitrogens with one attached hydrogen (secondary N) is 1. The summed E-state index contributed by atoms with van der Waals surface area (Å²) in [6.45, 7) is 0.372. The summed E-state index contributed by atoms with van der Waals surface area (Å²) < 4.78 is 5.62. The summed E-state index contributed by atoms with van der Waals surface area (Å²) >= 11 is 0. The Labute approximate surface area is 112 Å². The van der Waals surface area contributed by atoms with Crippen LogP contribution in [0.25, 0.3) is 0 Å². The molecule has 1 aromatic carbocycles. The number of carboxylic acid groups (broad SMARTS) is 1. The van der Waals surface area contributed by atoms with Crippen molar-refractivity contribution in [1.29, 1.82) is 0 Å². The molecule has 2 aliphatic rings. The van der Waals surface area contributed by atoms with Gasteiger partial charge in [0, 0.05) is 12.6 Å². The molecule has 1 saturated carbocycles. The summed E-state index contributed by atoms with van der Waals surface area (Å²) in [5, 5.41) is 12.4. The van der Waals surface area contributed by atoms with Gasteiger partial charge in [0.25, 0.3) is 0 Å². The molecule has 1 unspecified atom stereocenters. The number of aliphatic carboxylic acids is 1. The number of aryl methyl sites for hydroxylation is 2. The quantitative estimate of drug-likeness (QED) is 0.819. The molecular weight excluding hydrogens is 242 g/mol. The van der Waals surface area contributed by atoms with Gasteiger partial charge in [-0.3, -0.25) is 0 Å². The highest BCUT2D eigenvalue weighted by atomic mass is 16.5. The molecule has 0 aliphatic heterocycles. The average Bonchev–Trinajstić information content (AvgIpc) is 3.10. The predicted octanol–water partition coefficient (Wildman–Crippen LogP) is 1.76. The number of ether oxygens (including phenoxy) is 1. The first-order valence-electron chi connectivity index (χ1n) is 6.97. The molecule has 4 nitrogen and oxygen atoms in total. The highest BCUT2D eigenvalue weighted by Crippen LogP contribution is 2.26. The van der Waals surface area contributed by atoms with Gasteiger partial charge in [0.15, 0.2) is 0 Å². The SMILES string of the molecule is O=C(O)C(CNC1CC1)Oc1ccc2c(c1)CCC2. The number of hydrogen-bond donors (Lipinski definition) is 2. The fourth-order valence-electron chi connectivity index (χ4n) is 2.53. The Morgan fingerprint density at radius 1 is 1.37 bits per heavy atom. The molecule has 1 fully saturated rings. The van der Waals surface area contributed by atoms with Crippen LogP contribution in [0.3, 0.4) is 0 Å². The monoisotopic (exact) mass is 261 g/mol. The van der Waals surface area contributed by atoms with Gasteiger partial charge < -0.3 is 15.2 Å². The molecule has 0 saturated heterocycles. The van der Waals surface area contributed by atoms with Crippen LogP contribution >= 0.6 is 0 Å². The number of fused-ring (bicyclic) bond motifs is 1. The van der Waals surface area contributed by atoms with Crippen molar-refractivity contribution in [2.45, 2.75) is 44.2 Å². The van der Waals surface area contributed by atoms with Crippen molar-refractivity contribution in [3.8, 4) is 5.75 Å². The van der Waals surface area contributed by atoms with E-state index in [-0.39, 0.29) is 0 Å². The fraction of sp³-hybridized carbons (Fsp3) is 0.533. The molecule has 19 heavy (non-hydrogen) atoms. The molecule has 0 amide bonds. The number of benzene rings is 1. The molecule has 1 aromatic rings. The Hall–Kier alpha value is -1.55. The van der Waals surface area contributed by atoms with Crippen molar-refractivity contribution in [3.05, 3.63) is 29.3 Å². The fourth-order valence-corrected chi connectivity index (χ4v) is 2.53. The molecular formula is C15H19NO3. The van der Waals surface area contributed by atoms with E-state index in [9.17, 15) is 9.90 Å². The van der Waals surface area contributed by atoms with E-state index in [0.29, 0.717) is 18.3 Å². The first-order chi connectivity index (χ1) is 9.22. The van der Waals surface area contributed by atoms with Gasteiger partial charge in [0.05, 0.1) is 0 Å². The molecule has 2 N–H and O–H groups in total. The summed E-state index contributed by atoms with van der Waals surface area (Å²) in [5.74, 6) is -0.237. The Morgan fingerprint density at radius 2 is 2.16 bits per heavy atom. The molecule has 0 heterocycles. The van der Waals surface area contributed by atoms with Gasteiger partial charge in [-0.15, -0.1) is 0 Å². The molecule has 4 heteroatoms. The van der Waals surface area contributed by atoms with Gasteiger partial charge in [-0.1, -0.05) is 6.07 Å². The van der Waals surface area contributed by atoms with Crippen molar-refractivity contribution in [2.75, 3.05) is 6.54 Å². The third kappa shape index (κ3) is 3.07. The molecule has 0 aromatic heterocycles. The minimum atomic E-state index is -0.909. The summed E-state index contributed by atoms with van der Waals surface area (Å²) in [7, 11) is 0. The van der Waals surface area contributed by atoms with E-state index in [4.69, 9.17) is 4.74 Å². The Bertz CT molecular complexity index is 482. The molecule has 0 bridgehead atoms. The number of carboxylic acids is 1. The van der Waals surface area contributed by atoms with Crippen molar-refractivity contribution in [1.82, 2.24) is 5.32 Å². The lowest BCUT2D eigenvalue weighted by molar-refractivity contribution is -0.144. The summed E-state index contributed by atoms with van der Waals surface area (Å²) in [5.41, 5.74) is 2.67. The standard InChI is InChI=1S/C15H19NO3/c17-15(18)14(9-16-12-5-6-12)19-13-7-4-10-2-1-3-11(10)8-13/h4,7-8,12,14,16H,1-3,5-6,9H2,(H,17,18). The van der Waals surface area contributed by atoms with E-state index < -0.39 is 12.1 Å². The van der Waals surface area contributed by atoms with E-state index in [1.165, 1.54) is 17.5 Å². The highest BCUT2D eigenvalue weighted by Gasteiger charge is 2.26. The normalized spacial score (nSPS) is 18.9. The zero-order valence-electron chi connectivity index (χ0n) is 10.9. The molecule has 2 aliphatic carbocycles. The molecule has 0 radical (unpaired) electrons. The number of rotatable bonds is 6. The second kappa shape index (κ2) is 5.21. The van der Waals surface area contributed by atoms with Crippen LogP contribution in [0.4, 0.5) is 0 Å². The zero-order chi connectivity index (χ0) is 13.2. The Balaban J connectivity index is 1.64. The third-order valence-corrected chi connectivity index (χ3v) is 3.79. The van der Waals surface area contributed by atoms with Gasteiger partial charge in [0.2, 0.25) is 6.10 Å². The number of carbonyl (C=O) groups is 1. The van der Waals surface area contributed by atoms with Crippen LogP contribution in [0.2, 0.25) is 0 Å². The summed E-state index contributed by atoms with van der Waals surface area (Å²) in [6.07, 6.45) is 4.87. The molecule has 1 atom stereocenters. The van der Waals surface area contributed by atoms with Crippen molar-refractivity contribution >= 4 is 5.97 Å². The summed E-state index contributed by atoms with van der Waals surface area (Å²) in [4.78, 5) is 11.2. The number of hydrogen-bond acceptors (Lipinski definition) is 3. The second-order valence-electron chi connectivity index (χ2n) is 5.41. The van der Waals surface area contributed by atoms with Gasteiger partial charge in [0.1, 0.15) is 5.75 Å². The minimum absolute atomic E-state index is 0.372. The van der Waals surface area contributed by atoms with Gasteiger partial charge >= 0.3 is 5.97 Å². The summed E-state index contributed by atoms with van der Waals surface area (Å²) in [6, 6.07) is 6.43. The van der Waals surface area contributed by atoms with E-state index in [2.05, 4.69) is 11.4 Å². The lowest BCUT2D eigenvalue weighted by Crippen LogP contribution is -2.38. The van der Waals surface area contributed by atoms with E-state index in [0.717, 1.165) is 25.7 Å². The van der Waals surface area contributed by atoms with Crippen LogP contribution in [-0.4, -0.2) is 29.8 Å². The lowest BCUT2D eigenvalue weighted by Gasteiger charge is -2.16. The predicted molar refractivity (Wildman–Crippen MR) is 71.5 cm³/mol. The average molecular weight is 261 g/mol. The van der Waals surface area contributed by atoms with E-state index in [1.54, 1.807) is 0 Å². The molecule has 3 rings (SSSR count). The third-order valence-electron chi connectivity index (χ3n) is 3.79. The van der Waals surface area contributed by atoms with Gasteiger partial charge in [-0.05, 0) is 55.4 Å². The maximum atomic E-state index is 11.2. The second-order valence-corrected chi connectivity index (χ2v) is 5.41. The van der Waals surface area contributed by atoms with Crippen LogP contribution in [0.15, 0.2) is 18.2 Å². The zero-order valence-corrected chi connectivity index (χ0v) is 10.9. The molecule has 102 valence electrons. The van der Waals surface area contributed by atoms with Crippen molar-refractivity contribution in [2.24, 2.45) is 0 Å². The first kappa shape index (κ1) is 12.5. The van der Waals surface area contributed by atoms with E-state index in [1.807, 2.05) is 12.1 Å². The topological polar surface area (TPSA) is 58.6 Å². The van der Waals surface area contributed by atoms with Crippen LogP contribution in [0.5, 0.6) is 5.75 Å².